The third-order valence-electron chi connectivity index (χ3n) is 2.73. The van der Waals surface area contributed by atoms with Crippen LogP contribution < -0.4 is 5.32 Å². The fourth-order valence-corrected chi connectivity index (χ4v) is 2.94. The van der Waals surface area contributed by atoms with Gasteiger partial charge in [0.25, 0.3) is 0 Å². The summed E-state index contributed by atoms with van der Waals surface area (Å²) in [6.45, 7) is 0. The number of carboxylic acids is 1. The number of thioether (sulfide) groups is 1. The second-order valence-corrected chi connectivity index (χ2v) is 5.21. The molecule has 1 aromatic carbocycles. The lowest BCUT2D eigenvalue weighted by Crippen LogP contribution is -2.25. The van der Waals surface area contributed by atoms with Crippen molar-refractivity contribution in [2.75, 3.05) is 16.8 Å². The summed E-state index contributed by atoms with van der Waals surface area (Å²) in [7, 11) is 0. The Morgan fingerprint density at radius 2 is 2.35 bits per heavy atom. The van der Waals surface area contributed by atoms with Crippen LogP contribution in [0.4, 0.5) is 10.1 Å². The molecule has 1 aliphatic heterocycles. The third kappa shape index (κ3) is 3.12. The van der Waals surface area contributed by atoms with Crippen molar-refractivity contribution in [1.82, 2.24) is 0 Å². The minimum atomic E-state index is -1.23. The Morgan fingerprint density at radius 1 is 1.53 bits per heavy atom. The first kappa shape index (κ1) is 12.2. The molecule has 2 N–H and O–H groups in total. The van der Waals surface area contributed by atoms with Gasteiger partial charge in [-0.1, -0.05) is 0 Å². The Labute approximate surface area is 103 Å². The van der Waals surface area contributed by atoms with Crippen LogP contribution >= 0.6 is 11.8 Å². The normalized spacial score (nSPS) is 19.9. The van der Waals surface area contributed by atoms with Gasteiger partial charge in [-0.2, -0.15) is 11.8 Å². The molecule has 92 valence electrons. The molecule has 0 bridgehead atoms. The number of hydrogen-bond donors (Lipinski definition) is 2. The topological polar surface area (TPSA) is 49.3 Å². The molecule has 0 spiro atoms. The highest BCUT2D eigenvalue weighted by Gasteiger charge is 2.15. The van der Waals surface area contributed by atoms with Gasteiger partial charge in [-0.15, -0.1) is 0 Å². The van der Waals surface area contributed by atoms with Gasteiger partial charge in [0.2, 0.25) is 0 Å². The molecule has 1 unspecified atom stereocenters. The average Bonchev–Trinajstić information content (AvgIpc) is 2.30. The Hall–Kier alpha value is -1.23. The van der Waals surface area contributed by atoms with Gasteiger partial charge in [0.15, 0.2) is 0 Å². The first-order valence-electron chi connectivity index (χ1n) is 5.54. The number of benzene rings is 1. The van der Waals surface area contributed by atoms with Gasteiger partial charge in [-0.25, -0.2) is 9.18 Å². The van der Waals surface area contributed by atoms with E-state index >= 15 is 0 Å². The average molecular weight is 255 g/mol. The minimum Gasteiger partial charge on any atom is -0.478 e. The molecule has 0 saturated carbocycles. The van der Waals surface area contributed by atoms with Gasteiger partial charge in [0, 0.05) is 17.5 Å². The van der Waals surface area contributed by atoms with Gasteiger partial charge in [-0.3, -0.25) is 0 Å². The fraction of sp³-hybridized carbons (Fsp3) is 0.417. The van der Waals surface area contributed by atoms with E-state index in [2.05, 4.69) is 5.32 Å². The summed E-state index contributed by atoms with van der Waals surface area (Å²) in [4.78, 5) is 10.7. The predicted molar refractivity (Wildman–Crippen MR) is 67.3 cm³/mol. The zero-order chi connectivity index (χ0) is 12.3. The molecular weight excluding hydrogens is 241 g/mol. The quantitative estimate of drug-likeness (QED) is 0.872. The number of carboxylic acid groups (broad SMARTS) is 1. The van der Waals surface area contributed by atoms with Crippen molar-refractivity contribution in [3.8, 4) is 0 Å². The molecule has 5 heteroatoms. The lowest BCUT2D eigenvalue weighted by molar-refractivity contribution is 0.0692. The van der Waals surface area contributed by atoms with Crippen molar-refractivity contribution < 1.29 is 14.3 Å². The number of nitrogens with one attached hydrogen (secondary N) is 1. The van der Waals surface area contributed by atoms with Crippen molar-refractivity contribution in [3.63, 3.8) is 0 Å². The summed E-state index contributed by atoms with van der Waals surface area (Å²) >= 11 is 1.88. The van der Waals surface area contributed by atoms with Gasteiger partial charge >= 0.3 is 5.97 Å². The van der Waals surface area contributed by atoms with Gasteiger partial charge < -0.3 is 10.4 Å². The SMILES string of the molecule is O=C(O)c1ccc(NC2CCCSC2)cc1F. The largest absolute Gasteiger partial charge is 0.478 e. The van der Waals surface area contributed by atoms with Crippen LogP contribution in [0.2, 0.25) is 0 Å². The highest BCUT2D eigenvalue weighted by molar-refractivity contribution is 7.99. The lowest BCUT2D eigenvalue weighted by atomic mass is 10.1. The fourth-order valence-electron chi connectivity index (χ4n) is 1.87. The van der Waals surface area contributed by atoms with Crippen LogP contribution in [-0.2, 0) is 0 Å². The smallest absolute Gasteiger partial charge is 0.338 e. The second kappa shape index (κ2) is 5.40. The Bertz CT molecular complexity index is 419. The molecular formula is C12H14FNO2S. The molecule has 2 rings (SSSR count). The van der Waals surface area contributed by atoms with Gasteiger partial charge in [0.1, 0.15) is 5.82 Å². The highest BCUT2D eigenvalue weighted by Crippen LogP contribution is 2.22. The summed E-state index contributed by atoms with van der Waals surface area (Å²) in [6, 6.07) is 4.52. The molecule has 1 fully saturated rings. The van der Waals surface area contributed by atoms with E-state index in [1.165, 1.54) is 17.9 Å². The number of halogens is 1. The van der Waals surface area contributed by atoms with E-state index in [0.29, 0.717) is 11.7 Å². The number of anilines is 1. The molecule has 1 aliphatic rings. The van der Waals surface area contributed by atoms with Crippen LogP contribution in [0.15, 0.2) is 18.2 Å². The molecule has 1 heterocycles. The van der Waals surface area contributed by atoms with E-state index in [4.69, 9.17) is 5.11 Å². The summed E-state index contributed by atoms with van der Waals surface area (Å²) < 4.78 is 13.4. The molecule has 0 radical (unpaired) electrons. The zero-order valence-electron chi connectivity index (χ0n) is 9.28. The number of carbonyl (C=O) groups is 1. The van der Waals surface area contributed by atoms with Crippen LogP contribution in [0.5, 0.6) is 0 Å². The Balaban J connectivity index is 2.06. The van der Waals surface area contributed by atoms with Crippen LogP contribution in [0.3, 0.4) is 0 Å². The maximum Gasteiger partial charge on any atom is 0.338 e. The molecule has 0 amide bonds. The van der Waals surface area contributed by atoms with Crippen LogP contribution in [0, 0.1) is 5.82 Å². The molecule has 0 aromatic heterocycles. The minimum absolute atomic E-state index is 0.284. The molecule has 1 aromatic rings. The van der Waals surface area contributed by atoms with Crippen molar-refractivity contribution in [1.29, 1.82) is 0 Å². The molecule has 1 saturated heterocycles. The maximum absolute atomic E-state index is 13.4. The summed E-state index contributed by atoms with van der Waals surface area (Å²) in [5.74, 6) is 0.278. The third-order valence-corrected chi connectivity index (χ3v) is 3.95. The monoisotopic (exact) mass is 255 g/mol. The Kier molecular flexibility index (Phi) is 3.89. The standard InChI is InChI=1S/C12H14FNO2S/c13-11-6-8(3-4-10(11)12(15)16)14-9-2-1-5-17-7-9/h3-4,6,9,14H,1-2,5,7H2,(H,15,16). The first-order chi connectivity index (χ1) is 8.16. The second-order valence-electron chi connectivity index (χ2n) is 4.06. The zero-order valence-corrected chi connectivity index (χ0v) is 10.1. The molecule has 3 nitrogen and oxygen atoms in total. The predicted octanol–water partition coefficient (Wildman–Crippen LogP) is 2.83. The van der Waals surface area contributed by atoms with E-state index in [9.17, 15) is 9.18 Å². The highest BCUT2D eigenvalue weighted by atomic mass is 32.2. The van der Waals surface area contributed by atoms with E-state index in [1.54, 1.807) is 6.07 Å². The number of rotatable bonds is 3. The van der Waals surface area contributed by atoms with E-state index < -0.39 is 11.8 Å². The van der Waals surface area contributed by atoms with Gasteiger partial charge in [0.05, 0.1) is 5.56 Å². The lowest BCUT2D eigenvalue weighted by Gasteiger charge is -2.23. The van der Waals surface area contributed by atoms with E-state index in [0.717, 1.165) is 18.6 Å². The van der Waals surface area contributed by atoms with Crippen molar-refractivity contribution in [2.45, 2.75) is 18.9 Å². The van der Waals surface area contributed by atoms with Crippen LogP contribution in [0.1, 0.15) is 23.2 Å². The molecule has 17 heavy (non-hydrogen) atoms. The number of aromatic carboxylic acids is 1. The number of hydrogen-bond acceptors (Lipinski definition) is 3. The molecule has 0 aliphatic carbocycles. The van der Waals surface area contributed by atoms with Crippen molar-refractivity contribution in [2.24, 2.45) is 0 Å². The summed E-state index contributed by atoms with van der Waals surface area (Å²) in [5, 5.41) is 11.9. The van der Waals surface area contributed by atoms with Gasteiger partial charge in [-0.05, 0) is 36.8 Å². The van der Waals surface area contributed by atoms with Crippen LogP contribution in [0.25, 0.3) is 0 Å². The van der Waals surface area contributed by atoms with E-state index in [-0.39, 0.29) is 5.56 Å². The van der Waals surface area contributed by atoms with Crippen LogP contribution in [-0.4, -0.2) is 28.6 Å². The Morgan fingerprint density at radius 3 is 2.94 bits per heavy atom. The van der Waals surface area contributed by atoms with Crippen molar-refractivity contribution in [3.05, 3.63) is 29.6 Å². The summed E-state index contributed by atoms with van der Waals surface area (Å²) in [6.07, 6.45) is 2.24. The summed E-state index contributed by atoms with van der Waals surface area (Å²) in [5.41, 5.74) is 0.369. The first-order valence-corrected chi connectivity index (χ1v) is 6.69. The maximum atomic E-state index is 13.4. The molecule has 1 atom stereocenters. The van der Waals surface area contributed by atoms with Crippen molar-refractivity contribution >= 4 is 23.4 Å². The van der Waals surface area contributed by atoms with E-state index in [1.807, 2.05) is 11.8 Å².